The summed E-state index contributed by atoms with van der Waals surface area (Å²) in [6.45, 7) is 4.08. The molecule has 0 atom stereocenters. The highest BCUT2D eigenvalue weighted by Gasteiger charge is 2.32. The molecule has 5 heteroatoms. The molecule has 19 heavy (non-hydrogen) atoms. The zero-order valence-corrected chi connectivity index (χ0v) is 12.0. The molecule has 1 rings (SSSR count). The highest BCUT2D eigenvalue weighted by atomic mass is 16.4. The summed E-state index contributed by atoms with van der Waals surface area (Å²) >= 11 is 0. The van der Waals surface area contributed by atoms with Gasteiger partial charge in [-0.2, -0.15) is 0 Å². The zero-order chi connectivity index (χ0) is 14.5. The maximum absolute atomic E-state index is 12.3. The van der Waals surface area contributed by atoms with Gasteiger partial charge in [-0.1, -0.05) is 19.3 Å². The van der Waals surface area contributed by atoms with Crippen molar-refractivity contribution in [1.82, 2.24) is 4.90 Å². The van der Waals surface area contributed by atoms with Crippen LogP contribution in [0.5, 0.6) is 0 Å². The van der Waals surface area contributed by atoms with E-state index in [9.17, 15) is 9.59 Å². The second-order valence-corrected chi connectivity index (χ2v) is 5.92. The first-order chi connectivity index (χ1) is 8.84. The second kappa shape index (κ2) is 6.89. The van der Waals surface area contributed by atoms with Gasteiger partial charge in [0.25, 0.3) is 0 Å². The Morgan fingerprint density at radius 1 is 1.26 bits per heavy atom. The molecule has 0 bridgehead atoms. The number of hydrogen-bond acceptors (Lipinski definition) is 3. The van der Waals surface area contributed by atoms with Gasteiger partial charge in [0, 0.05) is 24.5 Å². The van der Waals surface area contributed by atoms with Crippen LogP contribution in [0.4, 0.5) is 0 Å². The van der Waals surface area contributed by atoms with Crippen LogP contribution in [-0.2, 0) is 9.59 Å². The van der Waals surface area contributed by atoms with Gasteiger partial charge in [-0.15, -0.1) is 0 Å². The monoisotopic (exact) mass is 270 g/mol. The first kappa shape index (κ1) is 16.0. The molecule has 1 aliphatic carbocycles. The lowest BCUT2D eigenvalue weighted by atomic mass is 9.80. The summed E-state index contributed by atoms with van der Waals surface area (Å²) in [6.07, 6.45) is 5.47. The molecule has 0 radical (unpaired) electrons. The predicted molar refractivity (Wildman–Crippen MR) is 73.7 cm³/mol. The Hall–Kier alpha value is -1.10. The first-order valence-electron chi connectivity index (χ1n) is 7.14. The zero-order valence-electron chi connectivity index (χ0n) is 12.0. The maximum atomic E-state index is 12.3. The third kappa shape index (κ3) is 5.19. The number of rotatable bonds is 6. The fourth-order valence-electron chi connectivity index (χ4n) is 2.72. The van der Waals surface area contributed by atoms with Crippen LogP contribution in [0.3, 0.4) is 0 Å². The van der Waals surface area contributed by atoms with Crippen molar-refractivity contribution in [1.29, 1.82) is 0 Å². The highest BCUT2D eigenvalue weighted by molar-refractivity contribution is 5.78. The van der Waals surface area contributed by atoms with E-state index in [0.717, 1.165) is 25.7 Å². The van der Waals surface area contributed by atoms with Crippen molar-refractivity contribution in [3.63, 3.8) is 0 Å². The lowest BCUT2D eigenvalue weighted by molar-refractivity contribution is -0.139. The SMILES string of the molecule is CC(C)N(CCC(=O)O)C(=O)CC1(N)CCCCC1. The topological polar surface area (TPSA) is 83.6 Å². The van der Waals surface area contributed by atoms with E-state index in [2.05, 4.69) is 0 Å². The molecule has 0 heterocycles. The third-order valence-corrected chi connectivity index (χ3v) is 3.86. The summed E-state index contributed by atoms with van der Waals surface area (Å²) in [4.78, 5) is 24.6. The summed E-state index contributed by atoms with van der Waals surface area (Å²) in [5.41, 5.74) is 5.91. The van der Waals surface area contributed by atoms with Crippen LogP contribution in [0.15, 0.2) is 0 Å². The number of nitrogens with zero attached hydrogens (tertiary/aromatic N) is 1. The Morgan fingerprint density at radius 2 is 1.84 bits per heavy atom. The van der Waals surface area contributed by atoms with Crippen molar-refractivity contribution in [2.24, 2.45) is 5.73 Å². The molecule has 0 aliphatic heterocycles. The first-order valence-corrected chi connectivity index (χ1v) is 7.14. The second-order valence-electron chi connectivity index (χ2n) is 5.92. The van der Waals surface area contributed by atoms with Gasteiger partial charge in [0.05, 0.1) is 6.42 Å². The quantitative estimate of drug-likeness (QED) is 0.770. The number of hydrogen-bond donors (Lipinski definition) is 2. The minimum Gasteiger partial charge on any atom is -0.481 e. The number of carboxylic acids is 1. The summed E-state index contributed by atoms with van der Waals surface area (Å²) in [5.74, 6) is -0.890. The highest BCUT2D eigenvalue weighted by Crippen LogP contribution is 2.29. The minimum atomic E-state index is -0.876. The molecular weight excluding hydrogens is 244 g/mol. The molecule has 1 fully saturated rings. The molecule has 0 aromatic heterocycles. The molecule has 0 aromatic rings. The molecule has 0 spiro atoms. The standard InChI is InChI=1S/C14H26N2O3/c1-11(2)16(9-6-13(18)19)12(17)10-14(15)7-4-3-5-8-14/h11H,3-10,15H2,1-2H3,(H,18,19). The number of aliphatic carboxylic acids is 1. The van der Waals surface area contributed by atoms with E-state index in [0.29, 0.717) is 6.42 Å². The van der Waals surface area contributed by atoms with Gasteiger partial charge in [0.15, 0.2) is 0 Å². The van der Waals surface area contributed by atoms with Crippen molar-refractivity contribution >= 4 is 11.9 Å². The lowest BCUT2D eigenvalue weighted by Crippen LogP contribution is -2.48. The molecule has 0 unspecified atom stereocenters. The van der Waals surface area contributed by atoms with Crippen molar-refractivity contribution in [3.05, 3.63) is 0 Å². The number of amides is 1. The molecule has 1 aliphatic rings. The van der Waals surface area contributed by atoms with Crippen LogP contribution in [0, 0.1) is 0 Å². The van der Waals surface area contributed by atoms with Crippen molar-refractivity contribution in [3.8, 4) is 0 Å². The van der Waals surface area contributed by atoms with Crippen LogP contribution in [0.25, 0.3) is 0 Å². The van der Waals surface area contributed by atoms with Gasteiger partial charge in [-0.3, -0.25) is 9.59 Å². The summed E-state index contributed by atoms with van der Waals surface area (Å²) < 4.78 is 0. The molecular formula is C14H26N2O3. The van der Waals surface area contributed by atoms with Gasteiger partial charge in [0.2, 0.25) is 5.91 Å². The van der Waals surface area contributed by atoms with Gasteiger partial charge < -0.3 is 15.7 Å². The van der Waals surface area contributed by atoms with Crippen molar-refractivity contribution in [2.75, 3.05) is 6.54 Å². The van der Waals surface area contributed by atoms with E-state index >= 15 is 0 Å². The fourth-order valence-corrected chi connectivity index (χ4v) is 2.72. The van der Waals surface area contributed by atoms with Gasteiger partial charge in [-0.05, 0) is 26.7 Å². The summed E-state index contributed by atoms with van der Waals surface area (Å²) in [7, 11) is 0. The maximum Gasteiger partial charge on any atom is 0.305 e. The minimum absolute atomic E-state index is 0.0124. The van der Waals surface area contributed by atoms with Gasteiger partial charge in [0.1, 0.15) is 0 Å². The van der Waals surface area contributed by atoms with E-state index in [1.807, 2.05) is 13.8 Å². The third-order valence-electron chi connectivity index (χ3n) is 3.86. The Balaban J connectivity index is 2.58. The Bertz CT molecular complexity index is 323. The van der Waals surface area contributed by atoms with Gasteiger partial charge in [-0.25, -0.2) is 0 Å². The number of nitrogens with two attached hydrogens (primary N) is 1. The summed E-state index contributed by atoms with van der Waals surface area (Å²) in [6, 6.07) is 0.0130. The molecule has 1 amide bonds. The number of carbonyl (C=O) groups excluding carboxylic acids is 1. The average Bonchev–Trinajstić information content (AvgIpc) is 2.28. The van der Waals surface area contributed by atoms with Crippen molar-refractivity contribution in [2.45, 2.75) is 70.4 Å². The molecule has 110 valence electrons. The van der Waals surface area contributed by atoms with E-state index < -0.39 is 5.97 Å². The van der Waals surface area contributed by atoms with Crippen molar-refractivity contribution < 1.29 is 14.7 Å². The molecule has 5 nitrogen and oxygen atoms in total. The lowest BCUT2D eigenvalue weighted by Gasteiger charge is -2.36. The van der Waals surface area contributed by atoms with E-state index in [1.165, 1.54) is 6.42 Å². The summed E-state index contributed by atoms with van der Waals surface area (Å²) in [5, 5.41) is 8.74. The molecule has 1 saturated carbocycles. The average molecular weight is 270 g/mol. The molecule has 0 saturated heterocycles. The number of carboxylic acid groups (broad SMARTS) is 1. The van der Waals surface area contributed by atoms with Crippen LogP contribution in [0.2, 0.25) is 0 Å². The Kier molecular flexibility index (Phi) is 5.79. The normalized spacial score (nSPS) is 18.3. The Labute approximate surface area is 115 Å². The van der Waals surface area contributed by atoms with Gasteiger partial charge >= 0.3 is 5.97 Å². The van der Waals surface area contributed by atoms with Crippen LogP contribution >= 0.6 is 0 Å². The predicted octanol–water partition coefficient (Wildman–Crippen LogP) is 1.75. The van der Waals surface area contributed by atoms with Crippen LogP contribution in [0.1, 0.15) is 58.8 Å². The smallest absolute Gasteiger partial charge is 0.305 e. The van der Waals surface area contributed by atoms with Crippen LogP contribution in [-0.4, -0.2) is 40.0 Å². The molecule has 0 aromatic carbocycles. The largest absolute Gasteiger partial charge is 0.481 e. The van der Waals surface area contributed by atoms with E-state index in [4.69, 9.17) is 10.8 Å². The Morgan fingerprint density at radius 3 is 2.32 bits per heavy atom. The number of carbonyl (C=O) groups is 2. The van der Waals surface area contributed by atoms with E-state index in [-0.39, 0.29) is 30.5 Å². The van der Waals surface area contributed by atoms with E-state index in [1.54, 1.807) is 4.90 Å². The molecule has 3 N–H and O–H groups in total. The van der Waals surface area contributed by atoms with Crippen LogP contribution < -0.4 is 5.73 Å². The fraction of sp³-hybridized carbons (Fsp3) is 0.857.